The first-order valence-electron chi connectivity index (χ1n) is 8.84. The number of hydrogen-bond acceptors (Lipinski definition) is 4. The van der Waals surface area contributed by atoms with Gasteiger partial charge in [-0.3, -0.25) is 0 Å². The number of rotatable bonds is 5. The molecule has 0 saturated carbocycles. The van der Waals surface area contributed by atoms with Crippen LogP contribution in [0.4, 0.5) is 16.2 Å². The maximum Gasteiger partial charge on any atom is 0.323 e. The maximum absolute atomic E-state index is 12.6. The van der Waals surface area contributed by atoms with Crippen molar-refractivity contribution in [2.24, 2.45) is 0 Å². The third kappa shape index (κ3) is 3.78. The molecule has 0 saturated heterocycles. The zero-order valence-corrected chi connectivity index (χ0v) is 15.8. The van der Waals surface area contributed by atoms with Gasteiger partial charge in [0.25, 0.3) is 0 Å². The lowest BCUT2D eigenvalue weighted by molar-refractivity contribution is 0.262. The second-order valence-electron chi connectivity index (χ2n) is 6.00. The molecule has 4 rings (SSSR count). The van der Waals surface area contributed by atoms with E-state index < -0.39 is 0 Å². The van der Waals surface area contributed by atoms with Crippen LogP contribution in [0.25, 0.3) is 11.3 Å². The molecule has 2 heterocycles. The Balaban J connectivity index is 1.54. The molecule has 1 aliphatic rings. The number of thioether (sulfide) groups is 1. The highest BCUT2D eigenvalue weighted by atomic mass is 32.2. The van der Waals surface area contributed by atoms with Crippen LogP contribution in [0, 0.1) is 0 Å². The molecule has 138 valence electrons. The zero-order chi connectivity index (χ0) is 18.6. The van der Waals surface area contributed by atoms with Crippen LogP contribution in [0.3, 0.4) is 0 Å². The van der Waals surface area contributed by atoms with Crippen LogP contribution in [0.15, 0.2) is 59.9 Å². The van der Waals surface area contributed by atoms with E-state index in [4.69, 9.17) is 4.74 Å². The van der Waals surface area contributed by atoms with E-state index in [0.29, 0.717) is 23.7 Å². The van der Waals surface area contributed by atoms with Gasteiger partial charge < -0.3 is 19.9 Å². The normalized spacial score (nSPS) is 12.5. The second kappa shape index (κ2) is 7.75. The topological polar surface area (TPSA) is 68.2 Å². The molecule has 0 spiro atoms. The predicted molar refractivity (Wildman–Crippen MR) is 109 cm³/mol. The summed E-state index contributed by atoms with van der Waals surface area (Å²) in [5, 5.41) is 6.81. The molecule has 2 N–H and O–H groups in total. The van der Waals surface area contributed by atoms with E-state index in [0.717, 1.165) is 28.7 Å². The van der Waals surface area contributed by atoms with E-state index in [-0.39, 0.29) is 6.03 Å². The van der Waals surface area contributed by atoms with Gasteiger partial charge in [0.2, 0.25) is 0 Å². The molecule has 7 heteroatoms. The van der Waals surface area contributed by atoms with Crippen LogP contribution in [-0.2, 0) is 6.54 Å². The van der Waals surface area contributed by atoms with E-state index in [1.54, 1.807) is 11.8 Å². The van der Waals surface area contributed by atoms with Crippen molar-refractivity contribution in [3.8, 4) is 17.0 Å². The summed E-state index contributed by atoms with van der Waals surface area (Å²) in [6.07, 6.45) is 2.04. The predicted octanol–water partition coefficient (Wildman–Crippen LogP) is 4.70. The first-order valence-corrected chi connectivity index (χ1v) is 9.82. The van der Waals surface area contributed by atoms with E-state index in [1.165, 1.54) is 0 Å². The molecule has 0 radical (unpaired) electrons. The van der Waals surface area contributed by atoms with Crippen LogP contribution in [0.1, 0.15) is 6.92 Å². The van der Waals surface area contributed by atoms with Crippen LogP contribution < -0.4 is 15.4 Å². The highest BCUT2D eigenvalue weighted by molar-refractivity contribution is 7.99. The molecule has 0 bridgehead atoms. The number of nitrogens with zero attached hydrogens (tertiary/aromatic N) is 2. The molecule has 27 heavy (non-hydrogen) atoms. The average Bonchev–Trinajstić information content (AvgIpc) is 3.26. The molecule has 0 fully saturated rings. The Morgan fingerprint density at radius 1 is 1.15 bits per heavy atom. The molecule has 2 aromatic carbocycles. The van der Waals surface area contributed by atoms with Crippen LogP contribution >= 0.6 is 11.8 Å². The van der Waals surface area contributed by atoms with Gasteiger partial charge in [0.1, 0.15) is 5.75 Å². The van der Waals surface area contributed by atoms with Crippen molar-refractivity contribution < 1.29 is 9.53 Å². The number of aryl methyl sites for hydroxylation is 1. The first-order chi connectivity index (χ1) is 13.2. The quantitative estimate of drug-likeness (QED) is 0.673. The van der Waals surface area contributed by atoms with Gasteiger partial charge in [-0.2, -0.15) is 0 Å². The number of aromatic nitrogens is 2. The molecular formula is C20H20N4O2S. The van der Waals surface area contributed by atoms with E-state index >= 15 is 0 Å². The summed E-state index contributed by atoms with van der Waals surface area (Å²) < 4.78 is 7.71. The summed E-state index contributed by atoms with van der Waals surface area (Å²) in [5.41, 5.74) is 3.11. The van der Waals surface area contributed by atoms with Gasteiger partial charge in [-0.25, -0.2) is 9.78 Å². The van der Waals surface area contributed by atoms with Crippen LogP contribution in [-0.4, -0.2) is 27.9 Å². The summed E-state index contributed by atoms with van der Waals surface area (Å²) in [4.78, 5) is 17.2. The average molecular weight is 380 g/mol. The number of hydrogen-bond donors (Lipinski definition) is 2. The lowest BCUT2D eigenvalue weighted by Gasteiger charge is -2.13. The Morgan fingerprint density at radius 2 is 1.89 bits per heavy atom. The molecular weight excluding hydrogens is 360 g/mol. The van der Waals surface area contributed by atoms with Gasteiger partial charge in [-0.15, -0.1) is 0 Å². The summed E-state index contributed by atoms with van der Waals surface area (Å²) in [6, 6.07) is 14.7. The Labute approximate surface area is 162 Å². The van der Waals surface area contributed by atoms with Crippen LogP contribution in [0.5, 0.6) is 5.75 Å². The summed E-state index contributed by atoms with van der Waals surface area (Å²) in [6.45, 7) is 3.41. The number of amides is 2. The number of imidazole rings is 1. The largest absolute Gasteiger partial charge is 0.492 e. The third-order valence-electron chi connectivity index (χ3n) is 4.19. The molecule has 1 aliphatic heterocycles. The molecule has 0 unspecified atom stereocenters. The monoisotopic (exact) mass is 380 g/mol. The van der Waals surface area contributed by atoms with Gasteiger partial charge in [-0.1, -0.05) is 42.1 Å². The Bertz CT molecular complexity index is 949. The number of para-hydroxylation sites is 3. The summed E-state index contributed by atoms with van der Waals surface area (Å²) in [5.74, 6) is 1.70. The third-order valence-corrected chi connectivity index (χ3v) is 5.16. The maximum atomic E-state index is 12.6. The van der Waals surface area contributed by atoms with Crippen LogP contribution in [0.2, 0.25) is 0 Å². The number of carbonyl (C=O) groups is 1. The van der Waals surface area contributed by atoms with E-state index in [2.05, 4.69) is 20.2 Å². The minimum absolute atomic E-state index is 0.323. The molecule has 1 aromatic heterocycles. The van der Waals surface area contributed by atoms with Crippen molar-refractivity contribution in [2.75, 3.05) is 23.0 Å². The number of nitrogens with one attached hydrogen (secondary N) is 2. The summed E-state index contributed by atoms with van der Waals surface area (Å²) >= 11 is 1.75. The minimum atomic E-state index is -0.323. The summed E-state index contributed by atoms with van der Waals surface area (Å²) in [7, 11) is 0. The fourth-order valence-electron chi connectivity index (χ4n) is 2.98. The highest BCUT2D eigenvalue weighted by Crippen LogP contribution is 2.32. The van der Waals surface area contributed by atoms with Gasteiger partial charge in [0, 0.05) is 24.1 Å². The van der Waals surface area contributed by atoms with Crippen molar-refractivity contribution >= 4 is 29.2 Å². The smallest absolute Gasteiger partial charge is 0.323 e. The Morgan fingerprint density at radius 3 is 2.70 bits per heavy atom. The first kappa shape index (κ1) is 17.5. The molecule has 0 aliphatic carbocycles. The van der Waals surface area contributed by atoms with Gasteiger partial charge >= 0.3 is 6.03 Å². The number of ether oxygens (including phenoxy) is 1. The van der Waals surface area contributed by atoms with Gasteiger partial charge in [0.05, 0.1) is 23.7 Å². The lowest BCUT2D eigenvalue weighted by Crippen LogP contribution is -2.20. The number of anilines is 2. The fraction of sp³-hybridized carbons (Fsp3) is 0.200. The number of carbonyl (C=O) groups excluding carboxylic acids is 1. The number of fused-ring (bicyclic) bond motifs is 1. The van der Waals surface area contributed by atoms with E-state index in [9.17, 15) is 4.79 Å². The van der Waals surface area contributed by atoms with Gasteiger partial charge in [-0.05, 0) is 25.1 Å². The Hall–Kier alpha value is -2.93. The zero-order valence-electron chi connectivity index (χ0n) is 14.9. The standard InChI is InChI=1S/C20H20N4O2S/c1-2-26-18-10-6-5-9-16(18)22-19(25)21-15-8-4-3-7-14(15)17-13-24-11-12-27-20(24)23-17/h3-10,13H,2,11-12H2,1H3,(H2,21,22,25). The van der Waals surface area contributed by atoms with Crippen molar-refractivity contribution in [2.45, 2.75) is 18.6 Å². The highest BCUT2D eigenvalue weighted by Gasteiger charge is 2.17. The molecule has 2 amide bonds. The minimum Gasteiger partial charge on any atom is -0.492 e. The molecule has 6 nitrogen and oxygen atoms in total. The van der Waals surface area contributed by atoms with Crippen molar-refractivity contribution in [3.63, 3.8) is 0 Å². The number of urea groups is 1. The second-order valence-corrected chi connectivity index (χ2v) is 7.07. The van der Waals surface area contributed by atoms with Crippen molar-refractivity contribution in [1.29, 1.82) is 0 Å². The SMILES string of the molecule is CCOc1ccccc1NC(=O)Nc1ccccc1-c1cn2c(n1)SCC2. The van der Waals surface area contributed by atoms with E-state index in [1.807, 2.05) is 61.7 Å². The lowest BCUT2D eigenvalue weighted by atomic mass is 10.1. The van der Waals surface area contributed by atoms with Crippen molar-refractivity contribution in [3.05, 3.63) is 54.7 Å². The fourth-order valence-corrected chi connectivity index (χ4v) is 3.93. The van der Waals surface area contributed by atoms with Gasteiger partial charge in [0.15, 0.2) is 5.16 Å². The van der Waals surface area contributed by atoms with Crippen molar-refractivity contribution in [1.82, 2.24) is 9.55 Å². The molecule has 3 aromatic rings. The molecule has 0 atom stereocenters. The number of benzene rings is 2. The Kier molecular flexibility index (Phi) is 5.02.